The molecular formula is C19H19N5O2. The number of nitrogens with zero attached hydrogens (tertiary/aromatic N) is 4. The second-order valence-electron chi connectivity index (χ2n) is 6.43. The lowest BCUT2D eigenvalue weighted by molar-refractivity contribution is -0.120. The molecule has 1 N–H and O–H groups in total. The van der Waals surface area contributed by atoms with Crippen molar-refractivity contribution in [3.8, 4) is 11.4 Å². The SMILES string of the molecule is CC1CNC(=O)CCN1C(=O)c1ccc(-c2nnc3ccccn23)cc1. The smallest absolute Gasteiger partial charge is 0.254 e. The number of fused-ring (bicyclic) bond motifs is 1. The van der Waals surface area contributed by atoms with Crippen LogP contribution in [0.1, 0.15) is 23.7 Å². The van der Waals surface area contributed by atoms with Gasteiger partial charge in [-0.15, -0.1) is 10.2 Å². The van der Waals surface area contributed by atoms with Crippen LogP contribution in [-0.4, -0.2) is 50.4 Å². The van der Waals surface area contributed by atoms with E-state index in [4.69, 9.17) is 0 Å². The van der Waals surface area contributed by atoms with Crippen molar-refractivity contribution in [2.24, 2.45) is 0 Å². The van der Waals surface area contributed by atoms with Crippen LogP contribution in [-0.2, 0) is 4.79 Å². The second-order valence-corrected chi connectivity index (χ2v) is 6.43. The number of rotatable bonds is 2. The van der Waals surface area contributed by atoms with Gasteiger partial charge in [0.05, 0.1) is 0 Å². The Hall–Kier alpha value is -3.22. The normalized spacial score (nSPS) is 17.8. The molecule has 2 amide bonds. The average Bonchev–Trinajstić information content (AvgIpc) is 3.02. The van der Waals surface area contributed by atoms with Crippen LogP contribution in [0.25, 0.3) is 17.0 Å². The van der Waals surface area contributed by atoms with Crippen molar-refractivity contribution in [3.63, 3.8) is 0 Å². The molecule has 0 radical (unpaired) electrons. The minimum absolute atomic E-state index is 0.0128. The fourth-order valence-electron chi connectivity index (χ4n) is 3.17. The Morgan fingerprint density at radius 3 is 2.77 bits per heavy atom. The second kappa shape index (κ2) is 6.59. The lowest BCUT2D eigenvalue weighted by atomic mass is 10.1. The molecule has 0 spiro atoms. The third-order valence-corrected chi connectivity index (χ3v) is 4.67. The molecule has 132 valence electrons. The number of amides is 2. The first-order valence-corrected chi connectivity index (χ1v) is 8.61. The van der Waals surface area contributed by atoms with Gasteiger partial charge in [-0.05, 0) is 31.2 Å². The fraction of sp³-hybridized carbons (Fsp3) is 0.263. The van der Waals surface area contributed by atoms with E-state index in [2.05, 4.69) is 15.5 Å². The number of aromatic nitrogens is 3. The molecule has 2 aromatic heterocycles. The predicted molar refractivity (Wildman–Crippen MR) is 96.5 cm³/mol. The maximum atomic E-state index is 12.8. The topological polar surface area (TPSA) is 79.6 Å². The highest BCUT2D eigenvalue weighted by Gasteiger charge is 2.25. The van der Waals surface area contributed by atoms with Gasteiger partial charge in [-0.1, -0.05) is 18.2 Å². The summed E-state index contributed by atoms with van der Waals surface area (Å²) >= 11 is 0. The summed E-state index contributed by atoms with van der Waals surface area (Å²) in [7, 11) is 0. The first-order chi connectivity index (χ1) is 12.6. The molecule has 1 saturated heterocycles. The minimum atomic E-state index is -0.0633. The monoisotopic (exact) mass is 349 g/mol. The van der Waals surface area contributed by atoms with Crippen LogP contribution in [0, 0.1) is 0 Å². The summed E-state index contributed by atoms with van der Waals surface area (Å²) in [6.07, 6.45) is 2.24. The van der Waals surface area contributed by atoms with Gasteiger partial charge in [0.1, 0.15) is 0 Å². The molecule has 3 heterocycles. The first-order valence-electron chi connectivity index (χ1n) is 8.61. The quantitative estimate of drug-likeness (QED) is 0.764. The van der Waals surface area contributed by atoms with Gasteiger partial charge in [0, 0.05) is 42.9 Å². The van der Waals surface area contributed by atoms with Crippen LogP contribution in [0.15, 0.2) is 48.7 Å². The highest BCUT2D eigenvalue weighted by molar-refractivity contribution is 5.95. The van der Waals surface area contributed by atoms with Crippen molar-refractivity contribution < 1.29 is 9.59 Å². The molecule has 0 bridgehead atoms. The van der Waals surface area contributed by atoms with Gasteiger partial charge in [-0.25, -0.2) is 0 Å². The van der Waals surface area contributed by atoms with Crippen LogP contribution in [0.5, 0.6) is 0 Å². The van der Waals surface area contributed by atoms with Gasteiger partial charge in [-0.3, -0.25) is 14.0 Å². The van der Waals surface area contributed by atoms with E-state index >= 15 is 0 Å². The maximum absolute atomic E-state index is 12.8. The van der Waals surface area contributed by atoms with Crippen LogP contribution in [0.4, 0.5) is 0 Å². The van der Waals surface area contributed by atoms with E-state index in [-0.39, 0.29) is 17.9 Å². The molecule has 0 aliphatic carbocycles. The summed E-state index contributed by atoms with van der Waals surface area (Å²) in [5, 5.41) is 11.2. The summed E-state index contributed by atoms with van der Waals surface area (Å²) in [4.78, 5) is 26.1. The van der Waals surface area contributed by atoms with Crippen molar-refractivity contribution >= 4 is 17.5 Å². The molecule has 1 unspecified atom stereocenters. The number of hydrogen-bond acceptors (Lipinski definition) is 4. The highest BCUT2D eigenvalue weighted by Crippen LogP contribution is 2.20. The zero-order valence-corrected chi connectivity index (χ0v) is 14.4. The molecule has 0 saturated carbocycles. The molecule has 4 rings (SSSR count). The zero-order valence-electron chi connectivity index (χ0n) is 14.4. The summed E-state index contributed by atoms with van der Waals surface area (Å²) in [5.41, 5.74) is 2.27. The largest absolute Gasteiger partial charge is 0.354 e. The van der Waals surface area contributed by atoms with Gasteiger partial charge < -0.3 is 10.2 Å². The van der Waals surface area contributed by atoms with Gasteiger partial charge in [0.25, 0.3) is 5.91 Å². The number of carbonyl (C=O) groups is 2. The Kier molecular flexibility index (Phi) is 4.12. The number of carbonyl (C=O) groups excluding carboxylic acids is 2. The van der Waals surface area contributed by atoms with Crippen LogP contribution < -0.4 is 5.32 Å². The molecule has 7 nitrogen and oxygen atoms in total. The number of nitrogens with one attached hydrogen (secondary N) is 1. The van der Waals surface area contributed by atoms with E-state index in [1.807, 2.05) is 47.9 Å². The van der Waals surface area contributed by atoms with Crippen LogP contribution in [0.3, 0.4) is 0 Å². The molecule has 1 fully saturated rings. The lowest BCUT2D eigenvalue weighted by Gasteiger charge is -2.26. The van der Waals surface area contributed by atoms with Crippen molar-refractivity contribution in [2.45, 2.75) is 19.4 Å². The molecule has 1 aliphatic heterocycles. The molecule has 7 heteroatoms. The Morgan fingerprint density at radius 2 is 1.96 bits per heavy atom. The summed E-state index contributed by atoms with van der Waals surface area (Å²) in [6.45, 7) is 2.86. The van der Waals surface area contributed by atoms with E-state index in [0.29, 0.717) is 25.1 Å². The Labute approximate surface area is 150 Å². The van der Waals surface area contributed by atoms with E-state index in [0.717, 1.165) is 17.0 Å². The Bertz CT molecular complexity index is 963. The third-order valence-electron chi connectivity index (χ3n) is 4.67. The van der Waals surface area contributed by atoms with Crippen molar-refractivity contribution in [1.82, 2.24) is 24.8 Å². The van der Waals surface area contributed by atoms with Crippen molar-refractivity contribution in [3.05, 3.63) is 54.2 Å². The van der Waals surface area contributed by atoms with Crippen molar-refractivity contribution in [2.75, 3.05) is 13.1 Å². The first kappa shape index (κ1) is 16.3. The summed E-state index contributed by atoms with van der Waals surface area (Å²) in [5.74, 6) is 0.658. The van der Waals surface area contributed by atoms with Gasteiger partial charge >= 0.3 is 0 Å². The average molecular weight is 349 g/mol. The molecular weight excluding hydrogens is 330 g/mol. The van der Waals surface area contributed by atoms with Crippen molar-refractivity contribution in [1.29, 1.82) is 0 Å². The van der Waals surface area contributed by atoms with Gasteiger partial charge in [0.15, 0.2) is 11.5 Å². The molecule has 3 aromatic rings. The van der Waals surface area contributed by atoms with E-state index in [1.165, 1.54) is 0 Å². The molecule has 1 aliphatic rings. The molecule has 26 heavy (non-hydrogen) atoms. The Morgan fingerprint density at radius 1 is 1.15 bits per heavy atom. The fourth-order valence-corrected chi connectivity index (χ4v) is 3.17. The number of benzene rings is 1. The zero-order chi connectivity index (χ0) is 18.1. The summed E-state index contributed by atoms with van der Waals surface area (Å²) in [6, 6.07) is 13.1. The Balaban J connectivity index is 1.59. The number of hydrogen-bond donors (Lipinski definition) is 1. The highest BCUT2D eigenvalue weighted by atomic mass is 16.2. The molecule has 1 aromatic carbocycles. The van der Waals surface area contributed by atoms with Gasteiger partial charge in [-0.2, -0.15) is 0 Å². The third kappa shape index (κ3) is 2.92. The minimum Gasteiger partial charge on any atom is -0.354 e. The van der Waals surface area contributed by atoms with E-state index in [9.17, 15) is 9.59 Å². The van der Waals surface area contributed by atoms with Gasteiger partial charge in [0.2, 0.25) is 5.91 Å². The molecule has 1 atom stereocenters. The predicted octanol–water partition coefficient (Wildman–Crippen LogP) is 1.75. The standard InChI is InChI=1S/C19H19N5O2/c1-13-12-20-17(25)9-11-23(13)19(26)15-7-5-14(6-8-15)18-22-21-16-4-2-3-10-24(16)18/h2-8,10,13H,9,11-12H2,1H3,(H,20,25). The summed E-state index contributed by atoms with van der Waals surface area (Å²) < 4.78 is 1.91. The van der Waals surface area contributed by atoms with Crippen LogP contribution >= 0.6 is 0 Å². The number of pyridine rings is 1. The lowest BCUT2D eigenvalue weighted by Crippen LogP contribution is -2.41. The van der Waals surface area contributed by atoms with E-state index < -0.39 is 0 Å². The maximum Gasteiger partial charge on any atom is 0.254 e. The van der Waals surface area contributed by atoms with Crippen LogP contribution in [0.2, 0.25) is 0 Å². The van der Waals surface area contributed by atoms with E-state index in [1.54, 1.807) is 17.0 Å².